The third kappa shape index (κ3) is 4.98. The summed E-state index contributed by atoms with van der Waals surface area (Å²) in [5, 5.41) is 2.91. The zero-order valence-corrected chi connectivity index (χ0v) is 15.7. The van der Waals surface area contributed by atoms with E-state index in [2.05, 4.69) is 15.0 Å². The Bertz CT molecular complexity index is 777. The molecular weight excluding hydrogens is 366 g/mol. The van der Waals surface area contributed by atoms with Crippen LogP contribution in [0.5, 0.6) is 5.75 Å². The van der Waals surface area contributed by atoms with E-state index in [9.17, 15) is 13.6 Å². The topological polar surface area (TPSA) is 50.8 Å². The zero-order valence-electron chi connectivity index (χ0n) is 15.7. The number of hydrogen-bond donors (Lipinski definition) is 1. The van der Waals surface area contributed by atoms with Crippen LogP contribution >= 0.6 is 0 Å². The van der Waals surface area contributed by atoms with Gasteiger partial charge in [-0.25, -0.2) is 0 Å². The van der Waals surface area contributed by atoms with Crippen LogP contribution in [-0.2, 0) is 4.74 Å². The van der Waals surface area contributed by atoms with Crippen molar-refractivity contribution >= 4 is 11.6 Å². The van der Waals surface area contributed by atoms with E-state index in [1.165, 1.54) is 6.07 Å². The molecular formula is C21H24F2N2O3. The molecule has 0 bridgehead atoms. The molecule has 1 aliphatic rings. The summed E-state index contributed by atoms with van der Waals surface area (Å²) in [5.41, 5.74) is 2.09. The number of nitrogens with one attached hydrogen (secondary N) is 1. The van der Waals surface area contributed by atoms with Crippen molar-refractivity contribution < 1.29 is 23.0 Å². The van der Waals surface area contributed by atoms with E-state index < -0.39 is 12.7 Å². The van der Waals surface area contributed by atoms with E-state index in [4.69, 9.17) is 4.74 Å². The zero-order chi connectivity index (χ0) is 19.9. The Morgan fingerprint density at radius 2 is 1.82 bits per heavy atom. The number of ether oxygens (including phenoxy) is 2. The minimum atomic E-state index is -2.91. The van der Waals surface area contributed by atoms with E-state index in [1.807, 2.05) is 19.1 Å². The van der Waals surface area contributed by atoms with Gasteiger partial charge in [0.15, 0.2) is 0 Å². The molecule has 2 aromatic rings. The first kappa shape index (κ1) is 20.1. The number of nitrogens with zero attached hydrogens (tertiary/aromatic N) is 1. The molecule has 0 aromatic heterocycles. The van der Waals surface area contributed by atoms with Crippen LogP contribution in [0.2, 0.25) is 0 Å². The minimum absolute atomic E-state index is 0.0762. The average molecular weight is 390 g/mol. The average Bonchev–Trinajstić information content (AvgIpc) is 2.73. The molecule has 1 saturated heterocycles. The molecule has 150 valence electrons. The van der Waals surface area contributed by atoms with Gasteiger partial charge in [0.1, 0.15) is 5.75 Å². The first-order valence-electron chi connectivity index (χ1n) is 9.36. The molecule has 0 spiro atoms. The fourth-order valence-corrected chi connectivity index (χ4v) is 3.26. The highest BCUT2D eigenvalue weighted by Crippen LogP contribution is 2.29. The van der Waals surface area contributed by atoms with Crippen LogP contribution in [-0.4, -0.2) is 38.8 Å². The second kappa shape index (κ2) is 9.50. The smallest absolute Gasteiger partial charge is 0.387 e. The molecule has 1 atom stereocenters. The molecule has 2 aromatic carbocycles. The first-order chi connectivity index (χ1) is 13.6. The lowest BCUT2D eigenvalue weighted by Crippen LogP contribution is -2.36. The summed E-state index contributed by atoms with van der Waals surface area (Å²) in [6, 6.07) is 13.5. The number of amides is 1. The Balaban J connectivity index is 1.70. The molecule has 1 unspecified atom stereocenters. The Hall–Kier alpha value is -2.67. The van der Waals surface area contributed by atoms with Gasteiger partial charge in [-0.2, -0.15) is 8.78 Å². The summed E-state index contributed by atoms with van der Waals surface area (Å²) in [6.45, 7) is 2.00. The monoisotopic (exact) mass is 390 g/mol. The Kier molecular flexibility index (Phi) is 6.81. The summed E-state index contributed by atoms with van der Waals surface area (Å²) in [6.07, 6.45) is 0.543. The quantitative estimate of drug-likeness (QED) is 0.776. The number of hydrogen-bond acceptors (Lipinski definition) is 4. The number of para-hydroxylation sites is 1. The van der Waals surface area contributed by atoms with Gasteiger partial charge < -0.3 is 19.7 Å². The highest BCUT2D eigenvalue weighted by atomic mass is 19.3. The molecule has 0 aliphatic carbocycles. The van der Waals surface area contributed by atoms with E-state index >= 15 is 0 Å². The fourth-order valence-electron chi connectivity index (χ4n) is 3.26. The van der Waals surface area contributed by atoms with Crippen molar-refractivity contribution in [2.24, 2.45) is 0 Å². The number of carbonyl (C=O) groups excluding carboxylic acids is 1. The van der Waals surface area contributed by atoms with Crippen molar-refractivity contribution in [1.29, 1.82) is 0 Å². The Morgan fingerprint density at radius 1 is 1.14 bits per heavy atom. The molecule has 1 fully saturated rings. The molecule has 1 heterocycles. The predicted octanol–water partition coefficient (Wildman–Crippen LogP) is 4.01. The summed E-state index contributed by atoms with van der Waals surface area (Å²) >= 11 is 0. The van der Waals surface area contributed by atoms with Crippen molar-refractivity contribution in [3.63, 3.8) is 0 Å². The van der Waals surface area contributed by atoms with Gasteiger partial charge in [0, 0.05) is 29.9 Å². The number of morpholine rings is 1. The van der Waals surface area contributed by atoms with Crippen LogP contribution in [0.25, 0.3) is 0 Å². The molecule has 0 saturated carbocycles. The number of alkyl halides is 2. The summed E-state index contributed by atoms with van der Waals surface area (Å²) in [7, 11) is 0. The van der Waals surface area contributed by atoms with Gasteiger partial charge in [-0.1, -0.05) is 25.1 Å². The van der Waals surface area contributed by atoms with Gasteiger partial charge >= 0.3 is 6.61 Å². The maximum Gasteiger partial charge on any atom is 0.387 e. The third-order valence-electron chi connectivity index (χ3n) is 4.73. The maximum atomic E-state index is 12.7. The highest BCUT2D eigenvalue weighted by Gasteiger charge is 2.20. The molecule has 28 heavy (non-hydrogen) atoms. The number of anilines is 1. The van der Waals surface area contributed by atoms with Gasteiger partial charge in [0.25, 0.3) is 5.91 Å². The lowest BCUT2D eigenvalue weighted by atomic mass is 10.0. The van der Waals surface area contributed by atoms with E-state index in [0.717, 1.165) is 18.8 Å². The second-order valence-corrected chi connectivity index (χ2v) is 6.50. The van der Waals surface area contributed by atoms with Crippen molar-refractivity contribution in [3.8, 4) is 5.75 Å². The van der Waals surface area contributed by atoms with Gasteiger partial charge in [-0.15, -0.1) is 0 Å². The van der Waals surface area contributed by atoms with Crippen LogP contribution in [0.15, 0.2) is 48.5 Å². The van der Waals surface area contributed by atoms with Crippen LogP contribution < -0.4 is 15.0 Å². The van der Waals surface area contributed by atoms with Crippen LogP contribution in [0.4, 0.5) is 14.5 Å². The highest BCUT2D eigenvalue weighted by molar-refractivity contribution is 5.94. The summed E-state index contributed by atoms with van der Waals surface area (Å²) < 4.78 is 35.3. The molecule has 1 amide bonds. The van der Waals surface area contributed by atoms with Crippen molar-refractivity contribution in [1.82, 2.24) is 5.32 Å². The molecule has 1 aliphatic heterocycles. The lowest BCUT2D eigenvalue weighted by Gasteiger charge is -2.29. The van der Waals surface area contributed by atoms with Gasteiger partial charge in [-0.05, 0) is 36.8 Å². The molecule has 0 radical (unpaired) electrons. The number of benzene rings is 2. The number of halogens is 2. The number of rotatable bonds is 7. The lowest BCUT2D eigenvalue weighted by molar-refractivity contribution is -0.0506. The predicted molar refractivity (Wildman–Crippen MR) is 103 cm³/mol. The summed E-state index contributed by atoms with van der Waals surface area (Å²) in [5.74, 6) is -0.181. The minimum Gasteiger partial charge on any atom is -0.434 e. The van der Waals surface area contributed by atoms with Crippen molar-refractivity contribution in [2.75, 3.05) is 31.2 Å². The molecule has 7 heteroatoms. The largest absolute Gasteiger partial charge is 0.434 e. The van der Waals surface area contributed by atoms with Gasteiger partial charge in [0.2, 0.25) is 0 Å². The van der Waals surface area contributed by atoms with Crippen LogP contribution in [0.3, 0.4) is 0 Å². The van der Waals surface area contributed by atoms with Crippen molar-refractivity contribution in [2.45, 2.75) is 26.0 Å². The Labute approximate surface area is 163 Å². The molecule has 1 N–H and O–H groups in total. The van der Waals surface area contributed by atoms with Crippen LogP contribution in [0.1, 0.15) is 35.3 Å². The standard InChI is InChI=1S/C21H24F2N2O3/c1-2-18(17-5-3-4-6-19(17)28-21(22)23)24-20(26)15-7-9-16(10-8-15)25-11-13-27-14-12-25/h3-10,18,21H,2,11-14H2,1H3,(H,24,26). The van der Waals surface area contributed by atoms with Crippen molar-refractivity contribution in [3.05, 3.63) is 59.7 Å². The second-order valence-electron chi connectivity index (χ2n) is 6.50. The number of carbonyl (C=O) groups is 1. The third-order valence-corrected chi connectivity index (χ3v) is 4.73. The normalized spacial score (nSPS) is 15.4. The van der Waals surface area contributed by atoms with Crippen LogP contribution in [0, 0.1) is 0 Å². The molecule has 5 nitrogen and oxygen atoms in total. The SMILES string of the molecule is CCC(NC(=O)c1ccc(N2CCOCC2)cc1)c1ccccc1OC(F)F. The van der Waals surface area contributed by atoms with E-state index in [0.29, 0.717) is 30.8 Å². The van der Waals surface area contributed by atoms with Gasteiger partial charge in [-0.3, -0.25) is 4.79 Å². The first-order valence-corrected chi connectivity index (χ1v) is 9.36. The van der Waals surface area contributed by atoms with E-state index in [1.54, 1.807) is 30.3 Å². The maximum absolute atomic E-state index is 12.7. The molecule has 3 rings (SSSR count). The Morgan fingerprint density at radius 3 is 2.46 bits per heavy atom. The summed E-state index contributed by atoms with van der Waals surface area (Å²) in [4.78, 5) is 14.9. The van der Waals surface area contributed by atoms with E-state index in [-0.39, 0.29) is 11.7 Å². The van der Waals surface area contributed by atoms with Gasteiger partial charge in [0.05, 0.1) is 19.3 Å². The fraction of sp³-hybridized carbons (Fsp3) is 0.381.